The summed E-state index contributed by atoms with van der Waals surface area (Å²) in [6.45, 7) is 2.16. The molecule has 0 aliphatic carbocycles. The van der Waals surface area contributed by atoms with Gasteiger partial charge in [-0.1, -0.05) is 30.8 Å². The number of hydrogen-bond donors (Lipinski definition) is 0. The molecule has 0 fully saturated rings. The first-order chi connectivity index (χ1) is 7.29. The van der Waals surface area contributed by atoms with E-state index in [9.17, 15) is 0 Å². The van der Waals surface area contributed by atoms with Crippen molar-refractivity contribution >= 4 is 44.9 Å². The standard InChI is InChI=1S/C11H12ClNS2/c1-8(6-12)7-14-11-13-9-4-2-3-5-10(9)15-11/h2-5,8H,6-7H2,1H3. The fourth-order valence-corrected chi connectivity index (χ4v) is 3.52. The number of fused-ring (bicyclic) bond motifs is 1. The van der Waals surface area contributed by atoms with Crippen molar-refractivity contribution in [2.75, 3.05) is 11.6 Å². The Labute approximate surface area is 103 Å². The molecule has 1 aromatic heterocycles. The molecule has 0 aliphatic rings. The van der Waals surface area contributed by atoms with Crippen LogP contribution in [0.2, 0.25) is 0 Å². The Bertz CT molecular complexity index is 408. The molecule has 2 rings (SSSR count). The van der Waals surface area contributed by atoms with Crippen molar-refractivity contribution in [2.24, 2.45) is 5.92 Å². The van der Waals surface area contributed by atoms with Gasteiger partial charge in [-0.2, -0.15) is 0 Å². The lowest BCUT2D eigenvalue weighted by Crippen LogP contribution is -1.98. The molecule has 1 unspecified atom stereocenters. The Morgan fingerprint density at radius 2 is 2.27 bits per heavy atom. The highest BCUT2D eigenvalue weighted by Crippen LogP contribution is 2.30. The number of benzene rings is 1. The predicted molar refractivity (Wildman–Crippen MR) is 70.2 cm³/mol. The Kier molecular flexibility index (Phi) is 3.89. The molecule has 0 saturated carbocycles. The number of halogens is 1. The van der Waals surface area contributed by atoms with E-state index < -0.39 is 0 Å². The van der Waals surface area contributed by atoms with E-state index in [0.717, 1.165) is 21.5 Å². The molecule has 2 aromatic rings. The molecule has 0 N–H and O–H groups in total. The van der Waals surface area contributed by atoms with Crippen LogP contribution in [-0.4, -0.2) is 16.6 Å². The molecule has 1 heterocycles. The van der Waals surface area contributed by atoms with E-state index in [1.54, 1.807) is 23.1 Å². The summed E-state index contributed by atoms with van der Waals surface area (Å²) in [5, 5.41) is 0. The number of hydrogen-bond acceptors (Lipinski definition) is 3. The van der Waals surface area contributed by atoms with E-state index >= 15 is 0 Å². The zero-order valence-electron chi connectivity index (χ0n) is 8.44. The summed E-state index contributed by atoms with van der Waals surface area (Å²) in [6.07, 6.45) is 0. The van der Waals surface area contributed by atoms with E-state index in [1.165, 1.54) is 4.70 Å². The van der Waals surface area contributed by atoms with Gasteiger partial charge in [0.2, 0.25) is 0 Å². The Hall–Kier alpha value is -0.250. The van der Waals surface area contributed by atoms with Crippen molar-refractivity contribution in [1.82, 2.24) is 4.98 Å². The van der Waals surface area contributed by atoms with Crippen LogP contribution in [0.25, 0.3) is 10.2 Å². The minimum atomic E-state index is 0.545. The number of para-hydroxylation sites is 1. The molecule has 4 heteroatoms. The van der Waals surface area contributed by atoms with E-state index in [0.29, 0.717) is 5.92 Å². The molecule has 0 aliphatic heterocycles. The molecule has 0 bridgehead atoms. The van der Waals surface area contributed by atoms with Gasteiger partial charge >= 0.3 is 0 Å². The van der Waals surface area contributed by atoms with Gasteiger partial charge in [-0.3, -0.25) is 0 Å². The lowest BCUT2D eigenvalue weighted by atomic mass is 10.3. The predicted octanol–water partition coefficient (Wildman–Crippen LogP) is 4.26. The second-order valence-electron chi connectivity index (χ2n) is 3.52. The topological polar surface area (TPSA) is 12.9 Å². The van der Waals surface area contributed by atoms with Gasteiger partial charge in [0.05, 0.1) is 10.2 Å². The summed E-state index contributed by atoms with van der Waals surface area (Å²) in [5.74, 6) is 2.31. The maximum absolute atomic E-state index is 5.77. The number of aromatic nitrogens is 1. The van der Waals surface area contributed by atoms with Gasteiger partial charge in [0, 0.05) is 11.6 Å². The normalized spacial score (nSPS) is 13.2. The van der Waals surface area contributed by atoms with Gasteiger partial charge in [0.1, 0.15) is 0 Å². The van der Waals surface area contributed by atoms with E-state index in [2.05, 4.69) is 30.1 Å². The number of alkyl halides is 1. The van der Waals surface area contributed by atoms with Crippen LogP contribution in [0, 0.1) is 5.92 Å². The van der Waals surface area contributed by atoms with Crippen LogP contribution in [0.3, 0.4) is 0 Å². The van der Waals surface area contributed by atoms with Crippen LogP contribution >= 0.6 is 34.7 Å². The maximum Gasteiger partial charge on any atom is 0.151 e. The van der Waals surface area contributed by atoms with Crippen molar-refractivity contribution in [3.63, 3.8) is 0 Å². The van der Waals surface area contributed by atoms with Crippen molar-refractivity contribution in [1.29, 1.82) is 0 Å². The highest BCUT2D eigenvalue weighted by Gasteiger charge is 2.06. The van der Waals surface area contributed by atoms with Gasteiger partial charge < -0.3 is 0 Å². The average Bonchev–Trinajstić information content (AvgIpc) is 2.68. The lowest BCUT2D eigenvalue weighted by Gasteiger charge is -2.03. The molecule has 15 heavy (non-hydrogen) atoms. The first-order valence-electron chi connectivity index (χ1n) is 4.84. The van der Waals surface area contributed by atoms with E-state index in [-0.39, 0.29) is 0 Å². The van der Waals surface area contributed by atoms with Crippen molar-refractivity contribution in [3.8, 4) is 0 Å². The molecule has 1 nitrogen and oxygen atoms in total. The molecule has 1 aromatic carbocycles. The van der Waals surface area contributed by atoms with Crippen LogP contribution in [-0.2, 0) is 0 Å². The van der Waals surface area contributed by atoms with Crippen LogP contribution in [0.1, 0.15) is 6.92 Å². The summed E-state index contributed by atoms with van der Waals surface area (Å²) in [6, 6.07) is 8.25. The number of nitrogens with zero attached hydrogens (tertiary/aromatic N) is 1. The summed E-state index contributed by atoms with van der Waals surface area (Å²) in [7, 11) is 0. The Balaban J connectivity index is 2.09. The molecule has 1 atom stereocenters. The second-order valence-corrected chi connectivity index (χ2v) is 6.12. The Morgan fingerprint density at radius 3 is 3.00 bits per heavy atom. The third-order valence-corrected chi connectivity index (χ3v) is 5.06. The van der Waals surface area contributed by atoms with E-state index in [4.69, 9.17) is 11.6 Å². The quantitative estimate of drug-likeness (QED) is 0.600. The third-order valence-electron chi connectivity index (χ3n) is 2.03. The minimum Gasteiger partial charge on any atom is -0.230 e. The molecule has 0 radical (unpaired) electrons. The molecule has 0 amide bonds. The molecular weight excluding hydrogens is 246 g/mol. The SMILES string of the molecule is CC(CCl)CSc1nc2ccccc2s1. The van der Waals surface area contributed by atoms with Crippen molar-refractivity contribution in [3.05, 3.63) is 24.3 Å². The van der Waals surface area contributed by atoms with Crippen LogP contribution < -0.4 is 0 Å². The third kappa shape index (κ3) is 2.86. The van der Waals surface area contributed by atoms with Gasteiger partial charge in [0.15, 0.2) is 4.34 Å². The monoisotopic (exact) mass is 257 g/mol. The zero-order valence-corrected chi connectivity index (χ0v) is 10.8. The highest BCUT2D eigenvalue weighted by molar-refractivity contribution is 8.01. The zero-order chi connectivity index (χ0) is 10.7. The van der Waals surface area contributed by atoms with Crippen molar-refractivity contribution in [2.45, 2.75) is 11.3 Å². The fraction of sp³-hybridized carbons (Fsp3) is 0.364. The molecule has 0 spiro atoms. The lowest BCUT2D eigenvalue weighted by molar-refractivity contribution is 0.759. The second kappa shape index (κ2) is 5.19. The molecule has 0 saturated heterocycles. The van der Waals surface area contributed by atoms with Crippen LogP contribution in [0.15, 0.2) is 28.6 Å². The summed E-state index contributed by atoms with van der Waals surface area (Å²) in [5.41, 5.74) is 1.10. The molecule has 80 valence electrons. The number of thioether (sulfide) groups is 1. The first kappa shape index (κ1) is 11.2. The smallest absolute Gasteiger partial charge is 0.151 e. The molecular formula is C11H12ClNS2. The number of rotatable bonds is 4. The highest BCUT2D eigenvalue weighted by atomic mass is 35.5. The summed E-state index contributed by atoms with van der Waals surface area (Å²) < 4.78 is 2.41. The first-order valence-corrected chi connectivity index (χ1v) is 7.17. The van der Waals surface area contributed by atoms with Gasteiger partial charge in [-0.25, -0.2) is 4.98 Å². The van der Waals surface area contributed by atoms with Gasteiger partial charge in [-0.05, 0) is 18.1 Å². The van der Waals surface area contributed by atoms with Crippen molar-refractivity contribution < 1.29 is 0 Å². The average molecular weight is 258 g/mol. The van der Waals surface area contributed by atoms with Gasteiger partial charge in [-0.15, -0.1) is 22.9 Å². The summed E-state index contributed by atoms with van der Waals surface area (Å²) >= 11 is 9.33. The largest absolute Gasteiger partial charge is 0.230 e. The van der Waals surface area contributed by atoms with Gasteiger partial charge in [0.25, 0.3) is 0 Å². The number of thiazole rings is 1. The Morgan fingerprint density at radius 1 is 1.47 bits per heavy atom. The summed E-state index contributed by atoms with van der Waals surface area (Å²) in [4.78, 5) is 4.56. The minimum absolute atomic E-state index is 0.545. The van der Waals surface area contributed by atoms with Crippen LogP contribution in [0.4, 0.5) is 0 Å². The van der Waals surface area contributed by atoms with E-state index in [1.807, 2.05) is 6.07 Å². The maximum atomic E-state index is 5.77. The fourth-order valence-electron chi connectivity index (χ4n) is 1.17. The van der Waals surface area contributed by atoms with Crippen LogP contribution in [0.5, 0.6) is 0 Å².